The van der Waals surface area contributed by atoms with Gasteiger partial charge in [-0.3, -0.25) is 15.5 Å². The Morgan fingerprint density at radius 1 is 1.75 bits per heavy atom. The molecule has 1 aliphatic rings. The molecule has 1 fully saturated rings. The second-order valence-electron chi connectivity index (χ2n) is 4.49. The number of carbonyl (C=O) groups excluding carboxylic acids is 1. The molecule has 2 heterocycles. The van der Waals surface area contributed by atoms with Crippen LogP contribution in [0.5, 0.6) is 0 Å². The first-order chi connectivity index (χ1) is 9.43. The summed E-state index contributed by atoms with van der Waals surface area (Å²) in [5.74, 6) is -1.33. The van der Waals surface area contributed by atoms with Crippen LogP contribution in [0.2, 0.25) is 0 Å². The molecule has 2 rings (SSSR count). The molecule has 1 saturated heterocycles. The van der Waals surface area contributed by atoms with Crippen LogP contribution in [-0.4, -0.2) is 45.3 Å². The SMILES string of the molecule is CC[C@H]1OC(c2cnc(C(=O)NC(=N)N)[nH]2)[C@H](F)[C@@H]1O. The van der Waals surface area contributed by atoms with Crippen LogP contribution in [-0.2, 0) is 4.74 Å². The fraction of sp³-hybridized carbons (Fsp3) is 0.545. The van der Waals surface area contributed by atoms with Crippen LogP contribution < -0.4 is 11.1 Å². The van der Waals surface area contributed by atoms with Gasteiger partial charge < -0.3 is 20.6 Å². The number of hydrogen-bond acceptors (Lipinski definition) is 5. The van der Waals surface area contributed by atoms with Gasteiger partial charge in [-0.25, -0.2) is 9.37 Å². The van der Waals surface area contributed by atoms with Gasteiger partial charge in [-0.15, -0.1) is 0 Å². The van der Waals surface area contributed by atoms with Crippen molar-refractivity contribution >= 4 is 11.9 Å². The number of nitrogens with one attached hydrogen (secondary N) is 3. The van der Waals surface area contributed by atoms with Crippen molar-refractivity contribution < 1.29 is 19.0 Å². The molecule has 0 bridgehead atoms. The number of H-pyrrole nitrogens is 1. The topological polar surface area (TPSA) is 137 Å². The van der Waals surface area contributed by atoms with Crippen molar-refractivity contribution in [2.45, 2.75) is 37.8 Å². The van der Waals surface area contributed by atoms with E-state index in [9.17, 15) is 14.3 Å². The van der Waals surface area contributed by atoms with Crippen molar-refractivity contribution in [1.82, 2.24) is 15.3 Å². The summed E-state index contributed by atoms with van der Waals surface area (Å²) in [7, 11) is 0. The number of aliphatic hydroxyl groups excluding tert-OH is 1. The highest BCUT2D eigenvalue weighted by atomic mass is 19.1. The number of aliphatic hydroxyl groups is 1. The maximum Gasteiger partial charge on any atom is 0.293 e. The van der Waals surface area contributed by atoms with Crippen LogP contribution in [0.1, 0.15) is 35.8 Å². The third kappa shape index (κ3) is 2.63. The van der Waals surface area contributed by atoms with Crippen LogP contribution in [0.25, 0.3) is 0 Å². The van der Waals surface area contributed by atoms with Gasteiger partial charge in [-0.2, -0.15) is 0 Å². The highest BCUT2D eigenvalue weighted by molar-refractivity contribution is 6.02. The fourth-order valence-corrected chi connectivity index (χ4v) is 2.09. The monoisotopic (exact) mass is 285 g/mol. The van der Waals surface area contributed by atoms with Crippen molar-refractivity contribution in [3.8, 4) is 0 Å². The number of rotatable bonds is 3. The molecule has 1 unspecified atom stereocenters. The summed E-state index contributed by atoms with van der Waals surface area (Å²) in [4.78, 5) is 17.9. The van der Waals surface area contributed by atoms with Crippen LogP contribution in [0.4, 0.5) is 4.39 Å². The predicted octanol–water partition coefficient (Wildman–Crippen LogP) is -0.418. The van der Waals surface area contributed by atoms with Gasteiger partial charge in [0.25, 0.3) is 5.91 Å². The Kier molecular flexibility index (Phi) is 4.00. The maximum absolute atomic E-state index is 13.9. The first-order valence-corrected chi connectivity index (χ1v) is 6.12. The molecule has 20 heavy (non-hydrogen) atoms. The zero-order chi connectivity index (χ0) is 14.9. The second kappa shape index (κ2) is 5.55. The van der Waals surface area contributed by atoms with Crippen LogP contribution >= 0.6 is 0 Å². The average Bonchev–Trinajstić information content (AvgIpc) is 2.96. The zero-order valence-corrected chi connectivity index (χ0v) is 10.8. The predicted molar refractivity (Wildman–Crippen MR) is 66.8 cm³/mol. The van der Waals surface area contributed by atoms with Crippen LogP contribution in [0, 0.1) is 5.41 Å². The molecule has 9 heteroatoms. The minimum atomic E-state index is -1.59. The summed E-state index contributed by atoms with van der Waals surface area (Å²) in [5, 5.41) is 18.7. The van der Waals surface area contributed by atoms with Gasteiger partial charge in [0.2, 0.25) is 0 Å². The van der Waals surface area contributed by atoms with E-state index in [0.29, 0.717) is 6.42 Å². The summed E-state index contributed by atoms with van der Waals surface area (Å²) in [6.07, 6.45) is -2.65. The van der Waals surface area contributed by atoms with Gasteiger partial charge in [0.1, 0.15) is 12.2 Å². The Hall–Kier alpha value is -2.00. The number of halogens is 1. The summed E-state index contributed by atoms with van der Waals surface area (Å²) in [6, 6.07) is 0. The Morgan fingerprint density at radius 3 is 3.00 bits per heavy atom. The molecule has 1 amide bonds. The number of imidazole rings is 1. The van der Waals surface area contributed by atoms with Gasteiger partial charge in [0.15, 0.2) is 18.0 Å². The normalized spacial score (nSPS) is 29.4. The number of amides is 1. The quantitative estimate of drug-likeness (QED) is 0.379. The highest BCUT2D eigenvalue weighted by Gasteiger charge is 2.44. The first kappa shape index (κ1) is 14.4. The summed E-state index contributed by atoms with van der Waals surface area (Å²) < 4.78 is 19.3. The molecule has 6 N–H and O–H groups in total. The van der Waals surface area contributed by atoms with Gasteiger partial charge in [0, 0.05) is 0 Å². The van der Waals surface area contributed by atoms with Gasteiger partial charge in [0.05, 0.1) is 18.0 Å². The van der Waals surface area contributed by atoms with E-state index in [1.165, 1.54) is 6.20 Å². The van der Waals surface area contributed by atoms with Crippen molar-refractivity contribution in [3.05, 3.63) is 17.7 Å². The van der Waals surface area contributed by atoms with E-state index in [0.717, 1.165) is 0 Å². The first-order valence-electron chi connectivity index (χ1n) is 6.12. The molecular formula is C11H16FN5O3. The molecule has 0 spiro atoms. The Labute approximate surface area is 114 Å². The molecule has 0 aliphatic carbocycles. The number of aromatic nitrogens is 2. The summed E-state index contributed by atoms with van der Waals surface area (Å²) in [6.45, 7) is 1.78. The third-order valence-corrected chi connectivity index (χ3v) is 3.09. The number of hydrogen-bond donors (Lipinski definition) is 5. The minimum absolute atomic E-state index is 0.111. The Balaban J connectivity index is 2.13. The number of nitrogens with two attached hydrogens (primary N) is 1. The van der Waals surface area contributed by atoms with E-state index < -0.39 is 36.4 Å². The number of carbonyl (C=O) groups is 1. The largest absolute Gasteiger partial charge is 0.387 e. The number of aromatic amines is 1. The van der Waals surface area contributed by atoms with E-state index in [-0.39, 0.29) is 11.5 Å². The molecule has 1 aliphatic heterocycles. The standard InChI is InChI=1S/C11H16FN5O3/c1-2-5-7(18)6(12)8(20-5)4-3-15-9(16-4)10(19)17-11(13)14/h3,5-8,18H,2H2,1H3,(H,15,16)(H4,13,14,17,19)/t5-,6-,7-,8?/m1/s1. The molecule has 1 aromatic heterocycles. The van der Waals surface area contributed by atoms with E-state index in [1.54, 1.807) is 6.92 Å². The summed E-state index contributed by atoms with van der Waals surface area (Å²) >= 11 is 0. The molecular weight excluding hydrogens is 269 g/mol. The van der Waals surface area contributed by atoms with Gasteiger partial charge >= 0.3 is 0 Å². The number of alkyl halides is 1. The van der Waals surface area contributed by atoms with Crippen LogP contribution in [0.15, 0.2) is 6.20 Å². The molecule has 1 aromatic rings. The Morgan fingerprint density at radius 2 is 2.45 bits per heavy atom. The molecule has 8 nitrogen and oxygen atoms in total. The van der Waals surface area contributed by atoms with Crippen molar-refractivity contribution in [2.75, 3.05) is 0 Å². The lowest BCUT2D eigenvalue weighted by molar-refractivity contribution is 0.00606. The molecule has 0 saturated carbocycles. The fourth-order valence-electron chi connectivity index (χ4n) is 2.09. The zero-order valence-electron chi connectivity index (χ0n) is 10.8. The van der Waals surface area contributed by atoms with Gasteiger partial charge in [-0.05, 0) is 6.42 Å². The van der Waals surface area contributed by atoms with Crippen molar-refractivity contribution in [2.24, 2.45) is 5.73 Å². The smallest absolute Gasteiger partial charge is 0.293 e. The lowest BCUT2D eigenvalue weighted by atomic mass is 10.1. The van der Waals surface area contributed by atoms with Crippen molar-refractivity contribution in [1.29, 1.82) is 5.41 Å². The molecule has 0 radical (unpaired) electrons. The highest BCUT2D eigenvalue weighted by Crippen LogP contribution is 2.35. The lowest BCUT2D eigenvalue weighted by Gasteiger charge is -2.10. The number of guanidine groups is 1. The molecule has 110 valence electrons. The number of ether oxygens (including phenoxy) is 1. The third-order valence-electron chi connectivity index (χ3n) is 3.09. The average molecular weight is 285 g/mol. The second-order valence-corrected chi connectivity index (χ2v) is 4.49. The minimum Gasteiger partial charge on any atom is -0.387 e. The van der Waals surface area contributed by atoms with Crippen LogP contribution in [0.3, 0.4) is 0 Å². The van der Waals surface area contributed by atoms with E-state index in [4.69, 9.17) is 15.9 Å². The Bertz CT molecular complexity index is 520. The lowest BCUT2D eigenvalue weighted by Crippen LogP contribution is -2.36. The van der Waals surface area contributed by atoms with E-state index >= 15 is 0 Å². The maximum atomic E-state index is 13.9. The van der Waals surface area contributed by atoms with Gasteiger partial charge in [-0.1, -0.05) is 6.92 Å². The summed E-state index contributed by atoms with van der Waals surface area (Å²) in [5.41, 5.74) is 5.28. The van der Waals surface area contributed by atoms with Crippen molar-refractivity contribution in [3.63, 3.8) is 0 Å². The molecule has 4 atom stereocenters. The molecule has 0 aromatic carbocycles. The van der Waals surface area contributed by atoms with E-state index in [2.05, 4.69) is 9.97 Å². The number of nitrogens with zero attached hydrogens (tertiary/aromatic N) is 1. The van der Waals surface area contributed by atoms with E-state index in [1.807, 2.05) is 5.32 Å².